The molecule has 6 nitrogen and oxygen atoms in total. The largest absolute Gasteiger partial charge is 0.353 e. The van der Waals surface area contributed by atoms with Gasteiger partial charge in [0.15, 0.2) is 0 Å². The molecule has 1 aromatic carbocycles. The number of hydrogen-bond donors (Lipinski definition) is 2. The van der Waals surface area contributed by atoms with Crippen LogP contribution in [0, 0.1) is 0 Å². The van der Waals surface area contributed by atoms with Crippen molar-refractivity contribution in [3.8, 4) is 0 Å². The maximum Gasteiger partial charge on any atom is 0.288 e. The minimum Gasteiger partial charge on any atom is -0.353 e. The fourth-order valence-electron chi connectivity index (χ4n) is 4.27. The number of aromatic nitrogens is 3. The second kappa shape index (κ2) is 7.94. The number of nitrogens with one attached hydrogen (secondary N) is 2. The Balaban J connectivity index is 1.47. The van der Waals surface area contributed by atoms with Crippen molar-refractivity contribution in [3.05, 3.63) is 40.8 Å². The number of amides is 1. The van der Waals surface area contributed by atoms with Gasteiger partial charge in [0.05, 0.1) is 6.20 Å². The number of rotatable bonds is 5. The van der Waals surface area contributed by atoms with Crippen LogP contribution in [0.4, 0.5) is 0 Å². The fraction of sp³-hybridized carbons (Fsp3) is 0.476. The molecule has 0 spiro atoms. The summed E-state index contributed by atoms with van der Waals surface area (Å²) < 4.78 is 2.02. The third-order valence-electron chi connectivity index (χ3n) is 5.59. The third kappa shape index (κ3) is 3.75. The molecule has 2 N–H and O–H groups in total. The highest BCUT2D eigenvalue weighted by Crippen LogP contribution is 2.26. The summed E-state index contributed by atoms with van der Waals surface area (Å²) in [6.07, 6.45) is 10.1. The van der Waals surface area contributed by atoms with E-state index >= 15 is 0 Å². The van der Waals surface area contributed by atoms with Crippen molar-refractivity contribution >= 4 is 27.7 Å². The van der Waals surface area contributed by atoms with Crippen LogP contribution in [-0.2, 0) is 11.3 Å². The third-order valence-corrected chi connectivity index (χ3v) is 5.59. The first-order valence-electron chi connectivity index (χ1n) is 9.98. The predicted molar refractivity (Wildman–Crippen MR) is 107 cm³/mol. The molecule has 0 bridgehead atoms. The zero-order valence-electron chi connectivity index (χ0n) is 15.5. The fourth-order valence-corrected chi connectivity index (χ4v) is 4.27. The predicted octanol–water partition coefficient (Wildman–Crippen LogP) is 3.50. The Morgan fingerprint density at radius 1 is 1.15 bits per heavy atom. The van der Waals surface area contributed by atoms with E-state index in [0.29, 0.717) is 30.9 Å². The van der Waals surface area contributed by atoms with Gasteiger partial charge in [-0.1, -0.05) is 43.9 Å². The van der Waals surface area contributed by atoms with E-state index in [-0.39, 0.29) is 11.5 Å². The lowest BCUT2D eigenvalue weighted by atomic mass is 10.1. The summed E-state index contributed by atoms with van der Waals surface area (Å²) in [7, 11) is 0. The lowest BCUT2D eigenvalue weighted by Gasteiger charge is -2.16. The van der Waals surface area contributed by atoms with E-state index < -0.39 is 0 Å². The Kier molecular flexibility index (Phi) is 5.23. The molecule has 0 saturated heterocycles. The van der Waals surface area contributed by atoms with Gasteiger partial charge < -0.3 is 9.88 Å². The Labute approximate surface area is 158 Å². The highest BCUT2D eigenvalue weighted by molar-refractivity contribution is 6.07. The van der Waals surface area contributed by atoms with E-state index in [1.807, 2.05) is 28.8 Å². The molecule has 0 aliphatic heterocycles. The summed E-state index contributed by atoms with van der Waals surface area (Å²) in [5, 5.41) is 11.6. The lowest BCUT2D eigenvalue weighted by molar-refractivity contribution is -0.122. The first-order chi connectivity index (χ1) is 13.2. The number of benzene rings is 1. The van der Waals surface area contributed by atoms with E-state index in [2.05, 4.69) is 15.5 Å². The van der Waals surface area contributed by atoms with Crippen molar-refractivity contribution in [1.29, 1.82) is 0 Å². The van der Waals surface area contributed by atoms with Crippen LogP contribution in [0.25, 0.3) is 21.8 Å². The molecule has 27 heavy (non-hydrogen) atoms. The van der Waals surface area contributed by atoms with Gasteiger partial charge in [0, 0.05) is 35.3 Å². The molecular weight excluding hydrogens is 340 g/mol. The second-order valence-corrected chi connectivity index (χ2v) is 7.49. The number of aryl methyl sites for hydroxylation is 1. The molecule has 142 valence electrons. The van der Waals surface area contributed by atoms with Gasteiger partial charge in [-0.2, -0.15) is 5.10 Å². The van der Waals surface area contributed by atoms with Crippen LogP contribution in [0.15, 0.2) is 35.3 Å². The van der Waals surface area contributed by atoms with Crippen LogP contribution in [0.5, 0.6) is 0 Å². The number of carbonyl (C=O) groups excluding carboxylic acids is 1. The number of para-hydroxylation sites is 1. The summed E-state index contributed by atoms with van der Waals surface area (Å²) >= 11 is 0. The van der Waals surface area contributed by atoms with E-state index in [0.717, 1.165) is 29.1 Å². The molecule has 1 aliphatic rings. The molecule has 0 atom stereocenters. The summed E-state index contributed by atoms with van der Waals surface area (Å²) in [6, 6.07) is 8.29. The van der Waals surface area contributed by atoms with Gasteiger partial charge in [0.1, 0.15) is 5.52 Å². The molecule has 2 aromatic heterocycles. The van der Waals surface area contributed by atoms with Crippen molar-refractivity contribution in [2.75, 3.05) is 0 Å². The summed E-state index contributed by atoms with van der Waals surface area (Å²) in [5.41, 5.74) is 1.46. The smallest absolute Gasteiger partial charge is 0.288 e. The maximum absolute atomic E-state index is 12.3. The van der Waals surface area contributed by atoms with Gasteiger partial charge in [0.2, 0.25) is 5.91 Å². The zero-order valence-corrected chi connectivity index (χ0v) is 15.5. The summed E-state index contributed by atoms with van der Waals surface area (Å²) in [4.78, 5) is 24.7. The van der Waals surface area contributed by atoms with Crippen LogP contribution in [0.2, 0.25) is 0 Å². The first kappa shape index (κ1) is 17.8. The molecule has 6 heteroatoms. The normalized spacial score (nSPS) is 15.9. The van der Waals surface area contributed by atoms with Gasteiger partial charge in [-0.15, -0.1) is 0 Å². The Bertz CT molecular complexity index is 996. The number of fused-ring (bicyclic) bond motifs is 3. The average molecular weight is 366 g/mol. The molecule has 3 aromatic rings. The van der Waals surface area contributed by atoms with Crippen LogP contribution in [-0.4, -0.2) is 26.7 Å². The van der Waals surface area contributed by atoms with E-state index in [9.17, 15) is 9.59 Å². The van der Waals surface area contributed by atoms with Crippen LogP contribution in [0.3, 0.4) is 0 Å². The van der Waals surface area contributed by atoms with E-state index in [4.69, 9.17) is 0 Å². The SMILES string of the molecule is O=C(CCCn1c2ccccc2c2cn[nH]c(=O)c21)NC1CCCCCC1. The number of nitrogens with zero attached hydrogens (tertiary/aromatic N) is 2. The highest BCUT2D eigenvalue weighted by atomic mass is 16.1. The molecule has 4 rings (SSSR count). The van der Waals surface area contributed by atoms with Crippen molar-refractivity contribution in [3.63, 3.8) is 0 Å². The summed E-state index contributed by atoms with van der Waals surface area (Å²) in [6.45, 7) is 0.634. The van der Waals surface area contributed by atoms with Gasteiger partial charge in [-0.05, 0) is 25.3 Å². The number of aromatic amines is 1. The highest BCUT2D eigenvalue weighted by Gasteiger charge is 2.16. The van der Waals surface area contributed by atoms with E-state index in [1.165, 1.54) is 25.7 Å². The molecule has 1 fully saturated rings. The Morgan fingerprint density at radius 2 is 1.93 bits per heavy atom. The molecule has 2 heterocycles. The number of carbonyl (C=O) groups is 1. The topological polar surface area (TPSA) is 79.8 Å². The minimum absolute atomic E-state index is 0.123. The quantitative estimate of drug-likeness (QED) is 0.678. The van der Waals surface area contributed by atoms with Gasteiger partial charge in [0.25, 0.3) is 5.56 Å². The van der Waals surface area contributed by atoms with Crippen molar-refractivity contribution in [2.45, 2.75) is 64.0 Å². The standard InChI is InChI=1S/C21H26N4O2/c26-19(23-15-8-3-1-2-4-9-15)12-7-13-25-18-11-6-5-10-16(18)17-14-22-24-21(27)20(17)25/h5-6,10-11,14-15H,1-4,7-9,12-13H2,(H,23,26)(H,24,27). The minimum atomic E-state index is -0.188. The zero-order chi connectivity index (χ0) is 18.6. The maximum atomic E-state index is 12.3. The van der Waals surface area contributed by atoms with Gasteiger partial charge >= 0.3 is 0 Å². The number of H-pyrrole nitrogens is 1. The molecule has 0 unspecified atom stereocenters. The van der Waals surface area contributed by atoms with Gasteiger partial charge in [-0.3, -0.25) is 9.59 Å². The molecule has 0 radical (unpaired) electrons. The van der Waals surface area contributed by atoms with Crippen molar-refractivity contribution in [1.82, 2.24) is 20.1 Å². The Hall–Kier alpha value is -2.63. The van der Waals surface area contributed by atoms with Crippen molar-refractivity contribution in [2.24, 2.45) is 0 Å². The molecule has 1 aliphatic carbocycles. The average Bonchev–Trinajstić information content (AvgIpc) is 2.81. The second-order valence-electron chi connectivity index (χ2n) is 7.49. The van der Waals surface area contributed by atoms with Gasteiger partial charge in [-0.25, -0.2) is 5.10 Å². The first-order valence-corrected chi connectivity index (χ1v) is 9.98. The Morgan fingerprint density at radius 3 is 2.74 bits per heavy atom. The lowest BCUT2D eigenvalue weighted by Crippen LogP contribution is -2.34. The molecular formula is C21H26N4O2. The van der Waals surface area contributed by atoms with E-state index in [1.54, 1.807) is 6.20 Å². The molecule has 1 amide bonds. The molecule has 1 saturated carbocycles. The van der Waals surface area contributed by atoms with Crippen molar-refractivity contribution < 1.29 is 4.79 Å². The summed E-state index contributed by atoms with van der Waals surface area (Å²) in [5.74, 6) is 0.123. The van der Waals surface area contributed by atoms with Crippen LogP contribution in [0.1, 0.15) is 51.4 Å². The van der Waals surface area contributed by atoms with Crippen LogP contribution >= 0.6 is 0 Å². The monoisotopic (exact) mass is 366 g/mol. The number of hydrogen-bond acceptors (Lipinski definition) is 3. The van der Waals surface area contributed by atoms with Crippen LogP contribution < -0.4 is 10.9 Å².